The van der Waals surface area contributed by atoms with Crippen LogP contribution in [-0.2, 0) is 9.53 Å². The van der Waals surface area contributed by atoms with Crippen molar-refractivity contribution in [1.82, 2.24) is 4.90 Å². The highest BCUT2D eigenvalue weighted by Crippen LogP contribution is 2.30. The molecule has 0 radical (unpaired) electrons. The van der Waals surface area contributed by atoms with E-state index in [-0.39, 0.29) is 24.0 Å². The topological polar surface area (TPSA) is 55.6 Å². The number of rotatable bonds is 4. The zero-order chi connectivity index (χ0) is 14.8. The molecule has 0 bridgehead atoms. The van der Waals surface area contributed by atoms with Gasteiger partial charge in [-0.1, -0.05) is 29.8 Å². The quantitative estimate of drug-likeness (QED) is 0.922. The van der Waals surface area contributed by atoms with E-state index in [0.29, 0.717) is 6.42 Å². The molecule has 0 aliphatic carbocycles. The lowest BCUT2D eigenvalue weighted by molar-refractivity contribution is -0.129. The molecule has 2 N–H and O–H groups in total. The maximum atomic E-state index is 12.2. The minimum atomic E-state index is -0.0657. The molecule has 4 nitrogen and oxygen atoms in total. The highest BCUT2D eigenvalue weighted by Gasteiger charge is 2.35. The highest BCUT2D eigenvalue weighted by atomic mass is 16.5. The van der Waals surface area contributed by atoms with Gasteiger partial charge in [-0.2, -0.15) is 0 Å². The summed E-state index contributed by atoms with van der Waals surface area (Å²) >= 11 is 0. The number of carbonyl (C=O) groups excluding carboxylic acids is 1. The second-order valence-electron chi connectivity index (χ2n) is 6.33. The molecule has 4 heteroatoms. The first-order valence-corrected chi connectivity index (χ1v) is 7.85. The van der Waals surface area contributed by atoms with Crippen LogP contribution in [-0.4, -0.2) is 36.6 Å². The number of amides is 1. The first-order chi connectivity index (χ1) is 10.1. The van der Waals surface area contributed by atoms with Gasteiger partial charge in [0.15, 0.2) is 0 Å². The number of benzene rings is 1. The van der Waals surface area contributed by atoms with Crippen LogP contribution in [0.15, 0.2) is 24.3 Å². The van der Waals surface area contributed by atoms with Crippen LogP contribution in [0.1, 0.15) is 36.4 Å². The first-order valence-electron chi connectivity index (χ1n) is 7.85. The number of nitrogens with zero attached hydrogens (tertiary/aromatic N) is 1. The fraction of sp³-hybridized carbons (Fsp3) is 0.588. The number of nitrogens with two attached hydrogens (primary N) is 1. The summed E-state index contributed by atoms with van der Waals surface area (Å²) in [6.07, 6.45) is 2.96. The van der Waals surface area contributed by atoms with E-state index in [9.17, 15) is 4.79 Å². The third-order valence-electron chi connectivity index (χ3n) is 4.66. The second-order valence-corrected chi connectivity index (χ2v) is 6.33. The van der Waals surface area contributed by atoms with Gasteiger partial charge in [0.25, 0.3) is 0 Å². The van der Waals surface area contributed by atoms with E-state index < -0.39 is 0 Å². The van der Waals surface area contributed by atoms with Crippen molar-refractivity contribution in [2.75, 3.05) is 19.7 Å². The molecule has 3 rings (SSSR count). The number of carbonyl (C=O) groups is 1. The minimum Gasteiger partial charge on any atom is -0.376 e. The molecular weight excluding hydrogens is 264 g/mol. The number of hydrogen-bond acceptors (Lipinski definition) is 3. The maximum absolute atomic E-state index is 12.2. The summed E-state index contributed by atoms with van der Waals surface area (Å²) in [5.41, 5.74) is 8.73. The molecule has 0 saturated carbocycles. The van der Waals surface area contributed by atoms with Gasteiger partial charge >= 0.3 is 0 Å². The number of hydrogen-bond donors (Lipinski definition) is 1. The summed E-state index contributed by atoms with van der Waals surface area (Å²) < 4.78 is 5.63. The van der Waals surface area contributed by atoms with Crippen LogP contribution in [0.5, 0.6) is 0 Å². The molecule has 1 aromatic carbocycles. The zero-order valence-electron chi connectivity index (χ0n) is 12.6. The van der Waals surface area contributed by atoms with E-state index in [2.05, 4.69) is 31.2 Å². The van der Waals surface area contributed by atoms with E-state index in [1.165, 1.54) is 5.56 Å². The summed E-state index contributed by atoms with van der Waals surface area (Å²) in [6.45, 7) is 4.39. The van der Waals surface area contributed by atoms with E-state index >= 15 is 0 Å². The lowest BCUT2D eigenvalue weighted by atomic mass is 9.92. The molecule has 2 fully saturated rings. The first kappa shape index (κ1) is 14.5. The Balaban J connectivity index is 1.61. The Labute approximate surface area is 126 Å². The third-order valence-corrected chi connectivity index (χ3v) is 4.66. The van der Waals surface area contributed by atoms with Gasteiger partial charge in [0.1, 0.15) is 0 Å². The van der Waals surface area contributed by atoms with Crippen LogP contribution in [0, 0.1) is 12.8 Å². The van der Waals surface area contributed by atoms with E-state index in [4.69, 9.17) is 10.5 Å². The monoisotopic (exact) mass is 288 g/mol. The van der Waals surface area contributed by atoms with Crippen LogP contribution in [0.25, 0.3) is 0 Å². The molecule has 21 heavy (non-hydrogen) atoms. The third kappa shape index (κ3) is 3.27. The van der Waals surface area contributed by atoms with Gasteiger partial charge in [0.05, 0.1) is 6.10 Å². The predicted molar refractivity (Wildman–Crippen MR) is 81.8 cm³/mol. The fourth-order valence-corrected chi connectivity index (χ4v) is 3.31. The van der Waals surface area contributed by atoms with E-state index in [1.54, 1.807) is 0 Å². The molecule has 0 spiro atoms. The molecule has 3 unspecified atom stereocenters. The summed E-state index contributed by atoms with van der Waals surface area (Å²) in [4.78, 5) is 14.1. The molecule has 3 atom stereocenters. The van der Waals surface area contributed by atoms with Crippen molar-refractivity contribution in [3.05, 3.63) is 35.4 Å². The summed E-state index contributed by atoms with van der Waals surface area (Å²) in [7, 11) is 0. The molecule has 1 amide bonds. The van der Waals surface area contributed by atoms with Crippen molar-refractivity contribution < 1.29 is 9.53 Å². The Morgan fingerprint density at radius 1 is 1.38 bits per heavy atom. The van der Waals surface area contributed by atoms with Crippen molar-refractivity contribution in [3.8, 4) is 0 Å². The maximum Gasteiger partial charge on any atom is 0.223 e. The summed E-state index contributed by atoms with van der Waals surface area (Å²) in [5.74, 6) is 0.430. The summed E-state index contributed by atoms with van der Waals surface area (Å²) in [6, 6.07) is 8.25. The SMILES string of the molecule is Cc1ccc(C(N)C2CC(=O)N(CC3CCCO3)C2)cc1. The fourth-order valence-electron chi connectivity index (χ4n) is 3.31. The molecule has 1 aromatic rings. The largest absolute Gasteiger partial charge is 0.376 e. The van der Waals surface area contributed by atoms with Crippen molar-refractivity contribution in [2.24, 2.45) is 11.7 Å². The Hall–Kier alpha value is -1.39. The van der Waals surface area contributed by atoms with Crippen LogP contribution < -0.4 is 5.73 Å². The molecule has 0 aromatic heterocycles. The Bertz CT molecular complexity index is 494. The van der Waals surface area contributed by atoms with E-state index in [0.717, 1.165) is 38.1 Å². The van der Waals surface area contributed by atoms with Crippen molar-refractivity contribution in [2.45, 2.75) is 38.3 Å². The second kappa shape index (κ2) is 6.16. The molecule has 2 heterocycles. The molecule has 2 aliphatic rings. The van der Waals surface area contributed by atoms with Crippen LogP contribution >= 0.6 is 0 Å². The van der Waals surface area contributed by atoms with Crippen molar-refractivity contribution in [3.63, 3.8) is 0 Å². The van der Waals surface area contributed by atoms with Crippen LogP contribution in [0.3, 0.4) is 0 Å². The van der Waals surface area contributed by atoms with Crippen LogP contribution in [0.2, 0.25) is 0 Å². The van der Waals surface area contributed by atoms with Crippen molar-refractivity contribution >= 4 is 5.91 Å². The zero-order valence-corrected chi connectivity index (χ0v) is 12.6. The Morgan fingerprint density at radius 2 is 2.14 bits per heavy atom. The number of aryl methyl sites for hydroxylation is 1. The normalized spacial score (nSPS) is 27.3. The molecule has 114 valence electrons. The van der Waals surface area contributed by atoms with Gasteiger partial charge in [-0.15, -0.1) is 0 Å². The van der Waals surface area contributed by atoms with Gasteiger partial charge < -0.3 is 15.4 Å². The predicted octanol–water partition coefficient (Wildman–Crippen LogP) is 2.02. The summed E-state index contributed by atoms with van der Waals surface area (Å²) in [5, 5.41) is 0. The van der Waals surface area contributed by atoms with Gasteiger partial charge in [-0.05, 0) is 25.3 Å². The van der Waals surface area contributed by atoms with Gasteiger partial charge in [-0.25, -0.2) is 0 Å². The van der Waals surface area contributed by atoms with Crippen LogP contribution in [0.4, 0.5) is 0 Å². The molecule has 2 saturated heterocycles. The number of likely N-dealkylation sites (tertiary alicyclic amines) is 1. The highest BCUT2D eigenvalue weighted by molar-refractivity contribution is 5.78. The average Bonchev–Trinajstić information content (AvgIpc) is 3.10. The molecule has 2 aliphatic heterocycles. The Kier molecular flexibility index (Phi) is 4.27. The Morgan fingerprint density at radius 3 is 2.81 bits per heavy atom. The lowest BCUT2D eigenvalue weighted by Gasteiger charge is -2.22. The number of ether oxygens (including phenoxy) is 1. The average molecular weight is 288 g/mol. The molecular formula is C17H24N2O2. The van der Waals surface area contributed by atoms with Gasteiger partial charge in [-0.3, -0.25) is 4.79 Å². The minimum absolute atomic E-state index is 0.0657. The smallest absolute Gasteiger partial charge is 0.223 e. The van der Waals surface area contributed by atoms with Gasteiger partial charge in [0.2, 0.25) is 5.91 Å². The van der Waals surface area contributed by atoms with Crippen molar-refractivity contribution in [1.29, 1.82) is 0 Å². The lowest BCUT2D eigenvalue weighted by Crippen LogP contribution is -2.34. The van der Waals surface area contributed by atoms with E-state index in [1.807, 2.05) is 4.90 Å². The standard InChI is InChI=1S/C17H24N2O2/c1-12-4-6-13(7-5-12)17(18)14-9-16(20)19(10-14)11-15-3-2-8-21-15/h4-7,14-15,17H,2-3,8-11,18H2,1H3. The van der Waals surface area contributed by atoms with Gasteiger partial charge in [0, 0.05) is 38.1 Å².